The first kappa shape index (κ1) is 21.1. The highest BCUT2D eigenvalue weighted by Crippen LogP contribution is 2.29. The molecule has 0 spiro atoms. The van der Waals surface area contributed by atoms with Crippen molar-refractivity contribution in [3.8, 4) is 5.75 Å². The molecule has 0 radical (unpaired) electrons. The lowest BCUT2D eigenvalue weighted by Gasteiger charge is -2.39. The molecule has 1 unspecified atom stereocenters. The molecule has 1 fully saturated rings. The second-order valence-electron chi connectivity index (χ2n) is 7.27. The number of hydrogen-bond acceptors (Lipinski definition) is 4. The van der Waals surface area contributed by atoms with Crippen molar-refractivity contribution >= 4 is 11.6 Å². The standard InChI is InChI=1S/C23H30FN3O2/c1-3-29-22-7-5-4-6-21(22)27-16-14-26(15-17-27)18(2)23(28)25-13-12-19-8-10-20(24)11-9-19/h4-11,18H,3,12-17H2,1-2H3,(H,25,28). The fourth-order valence-corrected chi connectivity index (χ4v) is 3.64. The Bertz CT molecular complexity index is 789. The molecule has 0 saturated carbocycles. The van der Waals surface area contributed by atoms with Crippen molar-refractivity contribution < 1.29 is 13.9 Å². The molecule has 1 amide bonds. The Balaban J connectivity index is 1.46. The lowest BCUT2D eigenvalue weighted by molar-refractivity contribution is -0.125. The Kier molecular flexibility index (Phi) is 7.47. The summed E-state index contributed by atoms with van der Waals surface area (Å²) in [6.07, 6.45) is 0.695. The number of nitrogens with one attached hydrogen (secondary N) is 1. The summed E-state index contributed by atoms with van der Waals surface area (Å²) in [5.41, 5.74) is 2.13. The number of rotatable bonds is 8. The minimum absolute atomic E-state index is 0.0373. The van der Waals surface area contributed by atoms with Gasteiger partial charge in [0.15, 0.2) is 0 Å². The van der Waals surface area contributed by atoms with Crippen LogP contribution in [0.2, 0.25) is 0 Å². The van der Waals surface area contributed by atoms with Crippen molar-refractivity contribution in [3.63, 3.8) is 0 Å². The quantitative estimate of drug-likeness (QED) is 0.741. The molecule has 6 heteroatoms. The molecular weight excluding hydrogens is 369 g/mol. The van der Waals surface area contributed by atoms with Crippen molar-refractivity contribution in [2.75, 3.05) is 44.2 Å². The normalized spacial score (nSPS) is 15.8. The first-order valence-corrected chi connectivity index (χ1v) is 10.3. The number of para-hydroxylation sites is 2. The van der Waals surface area contributed by atoms with Gasteiger partial charge in [-0.1, -0.05) is 24.3 Å². The summed E-state index contributed by atoms with van der Waals surface area (Å²) in [6, 6.07) is 14.3. The van der Waals surface area contributed by atoms with Gasteiger partial charge in [0.25, 0.3) is 0 Å². The monoisotopic (exact) mass is 399 g/mol. The maximum atomic E-state index is 13.0. The number of benzene rings is 2. The molecule has 3 rings (SSSR count). The maximum Gasteiger partial charge on any atom is 0.237 e. The van der Waals surface area contributed by atoms with Gasteiger partial charge < -0.3 is 15.0 Å². The number of carbonyl (C=O) groups excluding carboxylic acids is 1. The van der Waals surface area contributed by atoms with Crippen LogP contribution in [0, 0.1) is 5.82 Å². The largest absolute Gasteiger partial charge is 0.492 e. The molecule has 1 heterocycles. The number of piperazine rings is 1. The van der Waals surface area contributed by atoms with Crippen molar-refractivity contribution in [2.45, 2.75) is 26.3 Å². The zero-order valence-electron chi connectivity index (χ0n) is 17.2. The summed E-state index contributed by atoms with van der Waals surface area (Å²) in [6.45, 7) is 8.51. The van der Waals surface area contributed by atoms with Crippen LogP contribution in [-0.4, -0.2) is 56.2 Å². The highest BCUT2D eigenvalue weighted by atomic mass is 19.1. The third kappa shape index (κ3) is 5.70. The third-order valence-electron chi connectivity index (χ3n) is 5.37. The van der Waals surface area contributed by atoms with E-state index in [1.54, 1.807) is 12.1 Å². The second-order valence-corrected chi connectivity index (χ2v) is 7.27. The number of ether oxygens (including phenoxy) is 1. The van der Waals surface area contributed by atoms with Crippen LogP contribution in [0.1, 0.15) is 19.4 Å². The topological polar surface area (TPSA) is 44.8 Å². The molecule has 2 aromatic carbocycles. The van der Waals surface area contributed by atoms with E-state index >= 15 is 0 Å². The lowest BCUT2D eigenvalue weighted by Crippen LogP contribution is -2.54. The molecule has 0 aliphatic carbocycles. The van der Waals surface area contributed by atoms with Gasteiger partial charge in [0.2, 0.25) is 5.91 Å². The predicted molar refractivity (Wildman–Crippen MR) is 114 cm³/mol. The van der Waals surface area contributed by atoms with Gasteiger partial charge in [0, 0.05) is 32.7 Å². The van der Waals surface area contributed by atoms with Gasteiger partial charge in [-0.15, -0.1) is 0 Å². The van der Waals surface area contributed by atoms with E-state index in [0.29, 0.717) is 19.6 Å². The smallest absolute Gasteiger partial charge is 0.237 e. The zero-order chi connectivity index (χ0) is 20.6. The second kappa shape index (κ2) is 10.3. The maximum absolute atomic E-state index is 13.0. The molecule has 5 nitrogen and oxygen atoms in total. The number of hydrogen-bond donors (Lipinski definition) is 1. The van der Waals surface area contributed by atoms with E-state index in [4.69, 9.17) is 4.74 Å². The van der Waals surface area contributed by atoms with Gasteiger partial charge in [-0.05, 0) is 50.1 Å². The molecule has 156 valence electrons. The van der Waals surface area contributed by atoms with Crippen molar-refractivity contribution in [1.82, 2.24) is 10.2 Å². The van der Waals surface area contributed by atoms with Crippen LogP contribution in [-0.2, 0) is 11.2 Å². The van der Waals surface area contributed by atoms with Crippen LogP contribution in [0.25, 0.3) is 0 Å². The minimum atomic E-state index is -0.241. The zero-order valence-corrected chi connectivity index (χ0v) is 17.2. The van der Waals surface area contributed by atoms with Gasteiger partial charge >= 0.3 is 0 Å². The molecule has 1 aliphatic heterocycles. The highest BCUT2D eigenvalue weighted by molar-refractivity contribution is 5.81. The van der Waals surface area contributed by atoms with E-state index in [-0.39, 0.29) is 17.8 Å². The highest BCUT2D eigenvalue weighted by Gasteiger charge is 2.26. The minimum Gasteiger partial charge on any atom is -0.492 e. The number of amides is 1. The summed E-state index contributed by atoms with van der Waals surface area (Å²) in [4.78, 5) is 17.1. The number of nitrogens with zero attached hydrogens (tertiary/aromatic N) is 2. The average molecular weight is 400 g/mol. The SMILES string of the molecule is CCOc1ccccc1N1CCN(C(C)C(=O)NCCc2ccc(F)cc2)CC1. The molecule has 1 atom stereocenters. The van der Waals surface area contributed by atoms with Gasteiger partial charge in [-0.25, -0.2) is 4.39 Å². The van der Waals surface area contributed by atoms with Crippen molar-refractivity contribution in [3.05, 3.63) is 59.9 Å². The average Bonchev–Trinajstić information content (AvgIpc) is 2.75. The van der Waals surface area contributed by atoms with E-state index in [1.807, 2.05) is 32.0 Å². The van der Waals surface area contributed by atoms with Crippen LogP contribution < -0.4 is 15.0 Å². The van der Waals surface area contributed by atoms with Crippen molar-refractivity contribution in [2.24, 2.45) is 0 Å². The molecule has 2 aromatic rings. The van der Waals surface area contributed by atoms with E-state index in [2.05, 4.69) is 21.2 Å². The van der Waals surface area contributed by atoms with E-state index in [1.165, 1.54) is 12.1 Å². The fraction of sp³-hybridized carbons (Fsp3) is 0.435. The van der Waals surface area contributed by atoms with Crippen LogP contribution in [0.15, 0.2) is 48.5 Å². The Labute approximate surface area is 172 Å². The van der Waals surface area contributed by atoms with E-state index in [9.17, 15) is 9.18 Å². The summed E-state index contributed by atoms with van der Waals surface area (Å²) < 4.78 is 18.7. The van der Waals surface area contributed by atoms with Gasteiger partial charge in [-0.3, -0.25) is 9.69 Å². The third-order valence-corrected chi connectivity index (χ3v) is 5.37. The summed E-state index contributed by atoms with van der Waals surface area (Å²) in [7, 11) is 0. The molecule has 0 aromatic heterocycles. The summed E-state index contributed by atoms with van der Waals surface area (Å²) in [5.74, 6) is 0.708. The Morgan fingerprint density at radius 1 is 1.10 bits per heavy atom. The molecular formula is C23H30FN3O2. The van der Waals surface area contributed by atoms with Crippen LogP contribution in [0.4, 0.5) is 10.1 Å². The molecule has 1 aliphatic rings. The van der Waals surface area contributed by atoms with Crippen LogP contribution in [0.5, 0.6) is 5.75 Å². The number of anilines is 1. The number of carbonyl (C=O) groups is 1. The Hall–Kier alpha value is -2.60. The molecule has 0 bridgehead atoms. The van der Waals surface area contributed by atoms with Gasteiger partial charge in [0.1, 0.15) is 11.6 Å². The Morgan fingerprint density at radius 3 is 2.48 bits per heavy atom. The van der Waals surface area contributed by atoms with E-state index in [0.717, 1.165) is 43.2 Å². The summed E-state index contributed by atoms with van der Waals surface area (Å²) >= 11 is 0. The first-order valence-electron chi connectivity index (χ1n) is 10.3. The molecule has 1 N–H and O–H groups in total. The molecule has 29 heavy (non-hydrogen) atoms. The van der Waals surface area contributed by atoms with Gasteiger partial charge in [0.05, 0.1) is 18.3 Å². The Morgan fingerprint density at radius 2 is 1.79 bits per heavy atom. The molecule has 1 saturated heterocycles. The van der Waals surface area contributed by atoms with Crippen LogP contribution >= 0.6 is 0 Å². The van der Waals surface area contributed by atoms with Crippen LogP contribution in [0.3, 0.4) is 0 Å². The number of halogens is 1. The van der Waals surface area contributed by atoms with Crippen molar-refractivity contribution in [1.29, 1.82) is 0 Å². The fourth-order valence-electron chi connectivity index (χ4n) is 3.64. The first-order chi connectivity index (χ1) is 14.1. The summed E-state index contributed by atoms with van der Waals surface area (Å²) in [5, 5.41) is 3.00. The predicted octanol–water partition coefficient (Wildman–Crippen LogP) is 3.09. The van der Waals surface area contributed by atoms with E-state index < -0.39 is 0 Å². The lowest BCUT2D eigenvalue weighted by atomic mass is 10.1. The van der Waals surface area contributed by atoms with Gasteiger partial charge in [-0.2, -0.15) is 0 Å².